The minimum absolute atomic E-state index is 0.273. The predicted octanol–water partition coefficient (Wildman–Crippen LogP) is 2.29. The molecule has 2 aromatic heterocycles. The summed E-state index contributed by atoms with van der Waals surface area (Å²) >= 11 is 0. The molecule has 4 nitrogen and oxygen atoms in total. The maximum atomic E-state index is 13.2. The van der Waals surface area contributed by atoms with E-state index < -0.39 is 0 Å². The lowest BCUT2D eigenvalue weighted by Gasteiger charge is -2.35. The fraction of sp³-hybridized carbons (Fsp3) is 0.412. The van der Waals surface area contributed by atoms with Gasteiger partial charge in [0.05, 0.1) is 18.1 Å². The van der Waals surface area contributed by atoms with Crippen LogP contribution >= 0.6 is 0 Å². The molecule has 0 aliphatic carbocycles. The van der Waals surface area contributed by atoms with Gasteiger partial charge < -0.3 is 4.90 Å². The molecule has 0 atom stereocenters. The van der Waals surface area contributed by atoms with Crippen LogP contribution < -0.4 is 4.90 Å². The van der Waals surface area contributed by atoms with E-state index in [1.165, 1.54) is 6.20 Å². The average Bonchev–Trinajstić information content (AvgIpc) is 2.54. The highest BCUT2D eigenvalue weighted by Crippen LogP contribution is 2.16. The van der Waals surface area contributed by atoms with Gasteiger partial charge in [-0.15, -0.1) is 0 Å². The number of piperazine rings is 1. The first-order valence-electron chi connectivity index (χ1n) is 7.71. The third-order valence-corrected chi connectivity index (χ3v) is 4.06. The number of rotatable bonds is 4. The number of hydrogen-bond acceptors (Lipinski definition) is 4. The molecule has 0 aromatic carbocycles. The minimum atomic E-state index is -0.273. The number of nitrogens with zero attached hydrogens (tertiary/aromatic N) is 4. The number of aromatic nitrogens is 2. The van der Waals surface area contributed by atoms with Gasteiger partial charge in [-0.05, 0) is 19.1 Å². The summed E-state index contributed by atoms with van der Waals surface area (Å²) in [5, 5.41) is 0. The van der Waals surface area contributed by atoms with Crippen molar-refractivity contribution in [3.05, 3.63) is 53.9 Å². The minimum Gasteiger partial charge on any atom is -0.368 e. The molecular weight excluding hydrogens is 279 g/mol. The second-order valence-corrected chi connectivity index (χ2v) is 5.71. The normalized spacial score (nSPS) is 16.0. The third-order valence-electron chi connectivity index (χ3n) is 4.06. The van der Waals surface area contributed by atoms with Crippen LogP contribution in [0.25, 0.3) is 0 Å². The van der Waals surface area contributed by atoms with Crippen LogP contribution in [-0.2, 0) is 6.42 Å². The fourth-order valence-electron chi connectivity index (χ4n) is 2.81. The molecule has 0 radical (unpaired) electrons. The zero-order valence-corrected chi connectivity index (χ0v) is 12.9. The second-order valence-electron chi connectivity index (χ2n) is 5.71. The van der Waals surface area contributed by atoms with Crippen molar-refractivity contribution in [3.63, 3.8) is 0 Å². The van der Waals surface area contributed by atoms with E-state index in [1.807, 2.05) is 13.0 Å². The van der Waals surface area contributed by atoms with E-state index in [0.29, 0.717) is 0 Å². The predicted molar refractivity (Wildman–Crippen MR) is 85.5 cm³/mol. The molecule has 3 rings (SSSR count). The van der Waals surface area contributed by atoms with E-state index in [9.17, 15) is 4.39 Å². The largest absolute Gasteiger partial charge is 0.368 e. The van der Waals surface area contributed by atoms with Crippen molar-refractivity contribution >= 4 is 5.69 Å². The molecule has 0 N–H and O–H groups in total. The van der Waals surface area contributed by atoms with Crippen LogP contribution in [0.1, 0.15) is 11.4 Å². The van der Waals surface area contributed by atoms with Crippen LogP contribution in [0.5, 0.6) is 0 Å². The average molecular weight is 300 g/mol. The summed E-state index contributed by atoms with van der Waals surface area (Å²) in [6.45, 7) is 6.84. The smallest absolute Gasteiger partial charge is 0.143 e. The van der Waals surface area contributed by atoms with Gasteiger partial charge in [0, 0.05) is 56.6 Å². The molecule has 1 aliphatic heterocycles. The first-order valence-corrected chi connectivity index (χ1v) is 7.71. The monoisotopic (exact) mass is 300 g/mol. The lowest BCUT2D eigenvalue weighted by molar-refractivity contribution is 0.260. The van der Waals surface area contributed by atoms with Gasteiger partial charge in [0.2, 0.25) is 0 Å². The number of halogens is 1. The molecule has 3 heterocycles. The summed E-state index contributed by atoms with van der Waals surface area (Å²) in [5.41, 5.74) is 3.10. The Labute approximate surface area is 130 Å². The van der Waals surface area contributed by atoms with E-state index >= 15 is 0 Å². The Morgan fingerprint density at radius 3 is 2.68 bits per heavy atom. The molecule has 0 bridgehead atoms. The van der Waals surface area contributed by atoms with Crippen LogP contribution in [0.15, 0.2) is 36.7 Å². The molecule has 1 fully saturated rings. The van der Waals surface area contributed by atoms with Crippen molar-refractivity contribution in [2.45, 2.75) is 13.3 Å². The van der Waals surface area contributed by atoms with Gasteiger partial charge in [-0.2, -0.15) is 0 Å². The van der Waals surface area contributed by atoms with E-state index in [-0.39, 0.29) is 5.82 Å². The van der Waals surface area contributed by atoms with E-state index in [2.05, 4.69) is 31.9 Å². The van der Waals surface area contributed by atoms with E-state index in [0.717, 1.165) is 56.2 Å². The molecule has 0 spiro atoms. The lowest BCUT2D eigenvalue weighted by atomic mass is 10.2. The zero-order valence-electron chi connectivity index (χ0n) is 12.9. The van der Waals surface area contributed by atoms with Gasteiger partial charge >= 0.3 is 0 Å². The lowest BCUT2D eigenvalue weighted by Crippen LogP contribution is -2.47. The topological polar surface area (TPSA) is 32.3 Å². The van der Waals surface area contributed by atoms with E-state index in [4.69, 9.17) is 0 Å². The summed E-state index contributed by atoms with van der Waals surface area (Å²) in [6.07, 6.45) is 3.95. The van der Waals surface area contributed by atoms with Gasteiger partial charge in [-0.3, -0.25) is 14.9 Å². The highest BCUT2D eigenvalue weighted by Gasteiger charge is 2.17. The van der Waals surface area contributed by atoms with Crippen molar-refractivity contribution in [1.82, 2.24) is 14.9 Å². The Bertz CT molecular complexity index is 624. The molecule has 2 aromatic rings. The molecule has 0 amide bonds. The van der Waals surface area contributed by atoms with Crippen LogP contribution in [-0.4, -0.2) is 47.6 Å². The third kappa shape index (κ3) is 3.80. The van der Waals surface area contributed by atoms with Crippen molar-refractivity contribution in [3.8, 4) is 0 Å². The first kappa shape index (κ1) is 14.9. The summed E-state index contributed by atoms with van der Waals surface area (Å²) in [4.78, 5) is 13.1. The number of pyridine rings is 2. The van der Waals surface area contributed by atoms with Crippen LogP contribution in [0, 0.1) is 12.7 Å². The standard InChI is InChI=1S/C17H21FN4/c1-14-3-2-4-16(20-14)5-6-21-7-9-22(10-8-21)17-11-15(18)12-19-13-17/h2-4,11-13H,5-10H2,1H3. The van der Waals surface area contributed by atoms with Crippen LogP contribution in [0.2, 0.25) is 0 Å². The molecule has 1 aliphatic rings. The van der Waals surface area contributed by atoms with Gasteiger partial charge in [0.25, 0.3) is 0 Å². The van der Waals surface area contributed by atoms with Crippen molar-refractivity contribution in [1.29, 1.82) is 0 Å². The highest BCUT2D eigenvalue weighted by molar-refractivity contribution is 5.44. The van der Waals surface area contributed by atoms with E-state index in [1.54, 1.807) is 12.3 Å². The Balaban J connectivity index is 1.49. The van der Waals surface area contributed by atoms with Gasteiger partial charge in [-0.25, -0.2) is 4.39 Å². The van der Waals surface area contributed by atoms with Crippen LogP contribution in [0.4, 0.5) is 10.1 Å². The van der Waals surface area contributed by atoms with Crippen molar-refractivity contribution < 1.29 is 4.39 Å². The summed E-state index contributed by atoms with van der Waals surface area (Å²) < 4.78 is 13.2. The zero-order chi connectivity index (χ0) is 15.4. The molecular formula is C17H21FN4. The van der Waals surface area contributed by atoms with Crippen molar-refractivity contribution in [2.24, 2.45) is 0 Å². The number of aryl methyl sites for hydroxylation is 1. The number of anilines is 1. The first-order chi connectivity index (χ1) is 10.7. The summed E-state index contributed by atoms with van der Waals surface area (Å²) in [7, 11) is 0. The Morgan fingerprint density at radius 2 is 1.95 bits per heavy atom. The molecule has 0 unspecified atom stereocenters. The molecule has 1 saturated heterocycles. The SMILES string of the molecule is Cc1cccc(CCN2CCN(c3cncc(F)c3)CC2)n1. The van der Waals surface area contributed by atoms with Crippen molar-refractivity contribution in [2.75, 3.05) is 37.6 Å². The molecule has 22 heavy (non-hydrogen) atoms. The van der Waals surface area contributed by atoms with Gasteiger partial charge in [0.1, 0.15) is 5.82 Å². The maximum absolute atomic E-state index is 13.2. The quantitative estimate of drug-likeness (QED) is 0.867. The second kappa shape index (κ2) is 6.83. The Kier molecular flexibility index (Phi) is 4.63. The Morgan fingerprint density at radius 1 is 1.14 bits per heavy atom. The highest BCUT2D eigenvalue weighted by atomic mass is 19.1. The summed E-state index contributed by atoms with van der Waals surface area (Å²) in [6, 6.07) is 7.73. The fourth-order valence-corrected chi connectivity index (χ4v) is 2.81. The van der Waals surface area contributed by atoms with Gasteiger partial charge in [-0.1, -0.05) is 6.07 Å². The molecule has 116 valence electrons. The molecule has 5 heteroatoms. The number of hydrogen-bond donors (Lipinski definition) is 0. The Hall–Kier alpha value is -2.01. The van der Waals surface area contributed by atoms with Crippen LogP contribution in [0.3, 0.4) is 0 Å². The summed E-state index contributed by atoms with van der Waals surface area (Å²) in [5.74, 6) is -0.273. The molecule has 0 saturated carbocycles. The van der Waals surface area contributed by atoms with Gasteiger partial charge in [0.15, 0.2) is 0 Å². The maximum Gasteiger partial charge on any atom is 0.143 e.